The molecule has 0 unspecified atom stereocenters. The molecule has 0 N–H and O–H groups in total. The quantitative estimate of drug-likeness (QED) is 0.488. The van der Waals surface area contributed by atoms with Gasteiger partial charge < -0.3 is 0 Å². The van der Waals surface area contributed by atoms with Crippen LogP contribution in [0, 0.1) is 0 Å². The Bertz CT molecular complexity index is 1090. The Morgan fingerprint density at radius 3 is 1.38 bits per heavy atom. The van der Waals surface area contributed by atoms with Crippen LogP contribution in [-0.4, -0.2) is 80.6 Å². The van der Waals surface area contributed by atoms with Crippen molar-refractivity contribution in [1.82, 2.24) is 9.80 Å². The second-order valence-corrected chi connectivity index (χ2v) is 13.9. The zero-order valence-corrected chi connectivity index (χ0v) is 20.9. The van der Waals surface area contributed by atoms with Crippen molar-refractivity contribution in [3.05, 3.63) is 71.8 Å². The molecule has 0 spiro atoms. The molecular formula is C25H32N2O5S2. The lowest BCUT2D eigenvalue weighted by Crippen LogP contribution is -2.45. The maximum absolute atomic E-state index is 13.3. The van der Waals surface area contributed by atoms with Gasteiger partial charge in [0, 0.05) is 25.2 Å². The van der Waals surface area contributed by atoms with Gasteiger partial charge in [0.1, 0.15) is 0 Å². The van der Waals surface area contributed by atoms with Crippen molar-refractivity contribution in [2.45, 2.75) is 38.0 Å². The van der Waals surface area contributed by atoms with Crippen LogP contribution in [0.5, 0.6) is 0 Å². The van der Waals surface area contributed by atoms with Gasteiger partial charge in [-0.3, -0.25) is 14.6 Å². The van der Waals surface area contributed by atoms with E-state index in [2.05, 4.69) is 0 Å². The van der Waals surface area contributed by atoms with Gasteiger partial charge in [0.05, 0.1) is 36.1 Å². The summed E-state index contributed by atoms with van der Waals surface area (Å²) < 4.78 is 48.5. The van der Waals surface area contributed by atoms with E-state index in [4.69, 9.17) is 0 Å². The maximum Gasteiger partial charge on any atom is 0.160 e. The first kappa shape index (κ1) is 25.0. The second-order valence-electron chi connectivity index (χ2n) is 9.43. The molecule has 9 heteroatoms. The molecule has 34 heavy (non-hydrogen) atoms. The zero-order chi connectivity index (χ0) is 24.2. The normalized spacial score (nSPS) is 23.5. The predicted octanol–water partition coefficient (Wildman–Crippen LogP) is 1.93. The fourth-order valence-corrected chi connectivity index (χ4v) is 8.42. The second kappa shape index (κ2) is 10.7. The summed E-state index contributed by atoms with van der Waals surface area (Å²) >= 11 is 0. The highest BCUT2D eigenvalue weighted by atomic mass is 32.2. The molecule has 2 fully saturated rings. The van der Waals surface area contributed by atoms with E-state index >= 15 is 0 Å². The van der Waals surface area contributed by atoms with Crippen LogP contribution in [0.25, 0.3) is 0 Å². The van der Waals surface area contributed by atoms with Crippen LogP contribution in [-0.2, 0) is 37.6 Å². The zero-order valence-electron chi connectivity index (χ0n) is 19.3. The summed E-state index contributed by atoms with van der Waals surface area (Å²) in [4.78, 5) is 17.3. The van der Waals surface area contributed by atoms with Crippen molar-refractivity contribution < 1.29 is 21.6 Å². The van der Waals surface area contributed by atoms with Gasteiger partial charge >= 0.3 is 0 Å². The van der Waals surface area contributed by atoms with Gasteiger partial charge in [-0.2, -0.15) is 0 Å². The molecule has 2 atom stereocenters. The van der Waals surface area contributed by atoms with Crippen molar-refractivity contribution in [2.75, 3.05) is 36.1 Å². The molecule has 2 aliphatic rings. The fourth-order valence-electron chi connectivity index (χ4n) is 4.89. The summed E-state index contributed by atoms with van der Waals surface area (Å²) in [5, 5.41) is 0. The minimum absolute atomic E-state index is 0.0274. The van der Waals surface area contributed by atoms with Crippen molar-refractivity contribution in [1.29, 1.82) is 0 Å². The summed E-state index contributed by atoms with van der Waals surface area (Å²) in [6, 6.07) is 19.1. The van der Waals surface area contributed by atoms with Crippen LogP contribution < -0.4 is 0 Å². The van der Waals surface area contributed by atoms with Gasteiger partial charge in [-0.15, -0.1) is 0 Å². The molecule has 184 valence electrons. The monoisotopic (exact) mass is 504 g/mol. The van der Waals surface area contributed by atoms with E-state index in [1.54, 1.807) is 0 Å². The Labute approximate surface area is 202 Å². The van der Waals surface area contributed by atoms with E-state index in [1.165, 1.54) is 0 Å². The minimum Gasteiger partial charge on any atom is -0.297 e. The Kier molecular flexibility index (Phi) is 7.87. The fraction of sp³-hybridized carbons (Fsp3) is 0.480. The van der Waals surface area contributed by atoms with Gasteiger partial charge in [0.2, 0.25) is 0 Å². The highest BCUT2D eigenvalue weighted by Crippen LogP contribution is 2.22. The molecule has 0 radical (unpaired) electrons. The molecule has 2 saturated heterocycles. The number of rotatable bonds is 10. The molecule has 0 bridgehead atoms. The van der Waals surface area contributed by atoms with Crippen LogP contribution in [0.1, 0.15) is 24.0 Å². The van der Waals surface area contributed by atoms with Gasteiger partial charge in [0.25, 0.3) is 0 Å². The van der Waals surface area contributed by atoms with E-state index in [1.807, 2.05) is 70.5 Å². The van der Waals surface area contributed by atoms with Crippen LogP contribution in [0.4, 0.5) is 0 Å². The number of nitrogens with zero attached hydrogens (tertiary/aromatic N) is 2. The molecule has 0 aromatic heterocycles. The largest absolute Gasteiger partial charge is 0.297 e. The molecule has 7 nitrogen and oxygen atoms in total. The lowest BCUT2D eigenvalue weighted by atomic mass is 10.1. The molecule has 0 saturated carbocycles. The average Bonchev–Trinajstić information content (AvgIpc) is 3.35. The molecule has 4 rings (SSSR count). The van der Waals surface area contributed by atoms with Crippen LogP contribution in [0.15, 0.2) is 60.7 Å². The highest BCUT2D eigenvalue weighted by molar-refractivity contribution is 7.91. The van der Waals surface area contributed by atoms with Gasteiger partial charge in [-0.05, 0) is 24.0 Å². The number of carbonyl (C=O) groups is 1. The van der Waals surface area contributed by atoms with Crippen molar-refractivity contribution >= 4 is 25.5 Å². The number of carbonyl (C=O) groups excluding carboxylic acids is 1. The Balaban J connectivity index is 1.49. The highest BCUT2D eigenvalue weighted by Gasteiger charge is 2.35. The topological polar surface area (TPSA) is 91.8 Å². The summed E-state index contributed by atoms with van der Waals surface area (Å²) in [5.74, 6) is 0.415. The first-order chi connectivity index (χ1) is 16.2. The third-order valence-electron chi connectivity index (χ3n) is 6.67. The lowest BCUT2D eigenvalue weighted by molar-refractivity contribution is -0.122. The van der Waals surface area contributed by atoms with Crippen LogP contribution >= 0.6 is 0 Å². The van der Waals surface area contributed by atoms with E-state index in [0.29, 0.717) is 25.9 Å². The number of benzene rings is 2. The SMILES string of the molecule is O=C(CN(Cc1ccccc1)[C@@H]1CCS(=O)(=O)C1)CN(Cc1ccccc1)[C@H]1CCS(=O)(=O)C1. The predicted molar refractivity (Wildman–Crippen MR) is 133 cm³/mol. The Morgan fingerprint density at radius 2 is 1.06 bits per heavy atom. The molecule has 2 aromatic rings. The van der Waals surface area contributed by atoms with E-state index in [0.717, 1.165) is 11.1 Å². The van der Waals surface area contributed by atoms with Crippen molar-refractivity contribution in [3.8, 4) is 0 Å². The molecule has 2 aromatic carbocycles. The Hall–Kier alpha value is -2.07. The summed E-state index contributed by atoms with van der Waals surface area (Å²) in [6.45, 7) is 1.28. The van der Waals surface area contributed by atoms with Crippen LogP contribution in [0.2, 0.25) is 0 Å². The van der Waals surface area contributed by atoms with Crippen molar-refractivity contribution in [3.63, 3.8) is 0 Å². The first-order valence-corrected chi connectivity index (χ1v) is 15.3. The third kappa shape index (κ3) is 6.97. The Morgan fingerprint density at radius 1 is 0.676 bits per heavy atom. The third-order valence-corrected chi connectivity index (χ3v) is 10.2. The lowest BCUT2D eigenvalue weighted by Gasteiger charge is -2.31. The molecule has 2 aliphatic heterocycles. The number of hydrogen-bond acceptors (Lipinski definition) is 7. The number of sulfone groups is 2. The summed E-state index contributed by atoms with van der Waals surface area (Å²) in [5.41, 5.74) is 2.06. The molecule has 0 amide bonds. The first-order valence-electron chi connectivity index (χ1n) is 11.7. The maximum atomic E-state index is 13.3. The minimum atomic E-state index is -3.09. The number of Topliss-reactive ketones (excluding diaryl/α,β-unsaturated/α-hetero) is 1. The van der Waals surface area contributed by atoms with Gasteiger partial charge in [-0.1, -0.05) is 60.7 Å². The summed E-state index contributed by atoms with van der Waals surface area (Å²) in [6.07, 6.45) is 1.05. The van der Waals surface area contributed by atoms with Crippen LogP contribution in [0.3, 0.4) is 0 Å². The van der Waals surface area contributed by atoms with E-state index < -0.39 is 19.7 Å². The van der Waals surface area contributed by atoms with Gasteiger partial charge in [0.15, 0.2) is 25.5 Å². The van der Waals surface area contributed by atoms with E-state index in [-0.39, 0.29) is 54.0 Å². The number of hydrogen-bond donors (Lipinski definition) is 0. The van der Waals surface area contributed by atoms with Gasteiger partial charge in [-0.25, -0.2) is 16.8 Å². The summed E-state index contributed by atoms with van der Waals surface area (Å²) in [7, 11) is -6.18. The average molecular weight is 505 g/mol. The molecule has 2 heterocycles. The van der Waals surface area contributed by atoms with Crippen molar-refractivity contribution in [2.24, 2.45) is 0 Å². The number of ketones is 1. The van der Waals surface area contributed by atoms with E-state index in [9.17, 15) is 21.6 Å². The molecular weight excluding hydrogens is 472 g/mol. The standard InChI is InChI=1S/C25H32N2O5S2/c28-25(17-26(15-21-7-3-1-4-8-21)23-11-13-33(29,30)19-23)18-27(16-22-9-5-2-6-10-22)24-12-14-34(31,32)20-24/h1-10,23-24H,11-20H2/t23-,24+. The molecule has 0 aliphatic carbocycles. The smallest absolute Gasteiger partial charge is 0.160 e.